The van der Waals surface area contributed by atoms with Crippen LogP contribution in [0.4, 0.5) is 0 Å². The number of rotatable bonds is 3. The highest BCUT2D eigenvalue weighted by atomic mass is 33.1. The van der Waals surface area contributed by atoms with E-state index in [2.05, 4.69) is 13.8 Å². The van der Waals surface area contributed by atoms with Crippen molar-refractivity contribution in [3.63, 3.8) is 0 Å². The third kappa shape index (κ3) is 5.12. The Morgan fingerprint density at radius 2 is 1.67 bits per heavy atom. The summed E-state index contributed by atoms with van der Waals surface area (Å²) in [6.45, 7) is 8.08. The van der Waals surface area contributed by atoms with Crippen LogP contribution in [0, 0.1) is 0 Å². The van der Waals surface area contributed by atoms with E-state index < -0.39 is 10.2 Å². The first-order chi connectivity index (χ1) is 4.04. The molecule has 0 radical (unpaired) electrons. The predicted molar refractivity (Wildman–Crippen MR) is 46.0 cm³/mol. The van der Waals surface area contributed by atoms with Crippen LogP contribution in [0.25, 0.3) is 0 Å². The van der Waals surface area contributed by atoms with Gasteiger partial charge >= 0.3 is 0 Å². The van der Waals surface area contributed by atoms with E-state index >= 15 is 0 Å². The van der Waals surface area contributed by atoms with Gasteiger partial charge in [-0.05, 0) is 27.7 Å². The van der Waals surface area contributed by atoms with Crippen LogP contribution in [0.3, 0.4) is 0 Å². The standard InChI is InChI=1S/C6H14OS2/c1-5(2)8-9(7)6(3)4/h5-6H,1-4H3. The molecule has 0 fully saturated rings. The van der Waals surface area contributed by atoms with Gasteiger partial charge in [-0.25, -0.2) is 0 Å². The molecule has 0 aliphatic rings. The van der Waals surface area contributed by atoms with Crippen LogP contribution in [-0.2, 0) is 10.2 Å². The molecule has 1 nitrogen and oxygen atoms in total. The molecule has 0 N–H and O–H groups in total. The van der Waals surface area contributed by atoms with Crippen molar-refractivity contribution in [3.8, 4) is 0 Å². The minimum atomic E-state index is -0.685. The van der Waals surface area contributed by atoms with E-state index in [4.69, 9.17) is 0 Å². The second-order valence-electron chi connectivity index (χ2n) is 2.45. The molecule has 0 spiro atoms. The van der Waals surface area contributed by atoms with Gasteiger partial charge in [0, 0.05) is 15.5 Å². The second kappa shape index (κ2) is 4.47. The first kappa shape index (κ1) is 9.66. The van der Waals surface area contributed by atoms with E-state index in [1.54, 1.807) is 0 Å². The molecule has 9 heavy (non-hydrogen) atoms. The third-order valence-corrected chi connectivity index (χ3v) is 4.90. The molecule has 0 aromatic rings. The van der Waals surface area contributed by atoms with Gasteiger partial charge in [-0.15, -0.1) is 0 Å². The van der Waals surface area contributed by atoms with Gasteiger partial charge in [0.2, 0.25) is 0 Å². The van der Waals surface area contributed by atoms with E-state index in [0.717, 1.165) is 0 Å². The van der Waals surface area contributed by atoms with Crippen molar-refractivity contribution < 1.29 is 4.55 Å². The molecule has 0 aromatic carbocycles. The summed E-state index contributed by atoms with van der Waals surface area (Å²) in [5.74, 6) is 0. The zero-order chi connectivity index (χ0) is 7.44. The number of hydrogen-bond acceptors (Lipinski definition) is 2. The second-order valence-corrected chi connectivity index (χ2v) is 6.62. The Morgan fingerprint density at radius 1 is 1.22 bits per heavy atom. The first-order valence-electron chi connectivity index (χ1n) is 3.11. The van der Waals surface area contributed by atoms with Crippen molar-refractivity contribution in [2.75, 3.05) is 0 Å². The maximum Gasteiger partial charge on any atom is 0.122 e. The summed E-state index contributed by atoms with van der Waals surface area (Å²) in [5.41, 5.74) is 0. The van der Waals surface area contributed by atoms with E-state index in [1.807, 2.05) is 13.8 Å². The summed E-state index contributed by atoms with van der Waals surface area (Å²) >= 11 is 0. The van der Waals surface area contributed by atoms with Crippen LogP contribution in [-0.4, -0.2) is 15.1 Å². The van der Waals surface area contributed by atoms with E-state index in [1.165, 1.54) is 10.8 Å². The lowest BCUT2D eigenvalue weighted by Gasteiger charge is -2.12. The average Bonchev–Trinajstić information content (AvgIpc) is 1.63. The maximum absolute atomic E-state index is 11.0. The largest absolute Gasteiger partial charge is 0.605 e. The Labute approximate surface area is 64.2 Å². The van der Waals surface area contributed by atoms with Gasteiger partial charge in [-0.3, -0.25) is 0 Å². The summed E-state index contributed by atoms with van der Waals surface area (Å²) in [5, 5.41) is 0.769. The minimum Gasteiger partial charge on any atom is -0.605 e. The molecule has 0 bridgehead atoms. The van der Waals surface area contributed by atoms with Gasteiger partial charge in [0.15, 0.2) is 0 Å². The van der Waals surface area contributed by atoms with Crippen LogP contribution in [0.2, 0.25) is 0 Å². The molecule has 0 aliphatic heterocycles. The number of hydrogen-bond donors (Lipinski definition) is 0. The van der Waals surface area contributed by atoms with Gasteiger partial charge in [-0.2, -0.15) is 0 Å². The summed E-state index contributed by atoms with van der Waals surface area (Å²) < 4.78 is 11.0. The summed E-state index contributed by atoms with van der Waals surface area (Å²) in [6.07, 6.45) is 0. The van der Waals surface area contributed by atoms with Crippen LogP contribution in [0.15, 0.2) is 0 Å². The Balaban J connectivity index is 3.38. The van der Waals surface area contributed by atoms with Crippen molar-refractivity contribution >= 4 is 21.0 Å². The topological polar surface area (TPSA) is 23.1 Å². The van der Waals surface area contributed by atoms with Crippen molar-refractivity contribution in [2.45, 2.75) is 38.2 Å². The Kier molecular flexibility index (Phi) is 4.80. The van der Waals surface area contributed by atoms with Gasteiger partial charge in [0.25, 0.3) is 0 Å². The molecule has 3 heteroatoms. The van der Waals surface area contributed by atoms with Crippen LogP contribution in [0.5, 0.6) is 0 Å². The molecule has 0 aliphatic carbocycles. The monoisotopic (exact) mass is 166 g/mol. The van der Waals surface area contributed by atoms with Crippen molar-refractivity contribution in [1.29, 1.82) is 0 Å². The molecule has 0 heterocycles. The molecule has 0 aromatic heterocycles. The quantitative estimate of drug-likeness (QED) is 0.474. The predicted octanol–water partition coefficient (Wildman–Crippen LogP) is 2.20. The molecule has 0 rings (SSSR count). The Bertz CT molecular complexity index is 73.5. The lowest BCUT2D eigenvalue weighted by Crippen LogP contribution is -2.11. The molecule has 0 saturated carbocycles. The molecule has 56 valence electrons. The van der Waals surface area contributed by atoms with E-state index in [9.17, 15) is 4.55 Å². The maximum atomic E-state index is 11.0. The van der Waals surface area contributed by atoms with Crippen LogP contribution >= 0.6 is 10.8 Å². The minimum absolute atomic E-state index is 0.289. The van der Waals surface area contributed by atoms with Crippen LogP contribution < -0.4 is 0 Å². The van der Waals surface area contributed by atoms with Crippen molar-refractivity contribution in [2.24, 2.45) is 0 Å². The zero-order valence-electron chi connectivity index (χ0n) is 6.38. The van der Waals surface area contributed by atoms with Gasteiger partial charge in [-0.1, -0.05) is 0 Å². The zero-order valence-corrected chi connectivity index (χ0v) is 8.01. The van der Waals surface area contributed by atoms with E-state index in [-0.39, 0.29) is 5.25 Å². The van der Waals surface area contributed by atoms with E-state index in [0.29, 0.717) is 5.25 Å². The first-order valence-corrected chi connectivity index (χ1v) is 5.72. The summed E-state index contributed by atoms with van der Waals surface area (Å²) in [7, 11) is 0.850. The fraction of sp³-hybridized carbons (Fsp3) is 1.00. The fourth-order valence-corrected chi connectivity index (χ4v) is 2.71. The van der Waals surface area contributed by atoms with Gasteiger partial charge in [0.05, 0.1) is 10.8 Å². The normalized spacial score (nSPS) is 15.0. The molecule has 1 unspecified atom stereocenters. The highest BCUT2D eigenvalue weighted by Crippen LogP contribution is 2.22. The Morgan fingerprint density at radius 3 is 1.78 bits per heavy atom. The summed E-state index contributed by atoms with van der Waals surface area (Å²) in [4.78, 5) is 0. The third-order valence-electron chi connectivity index (χ3n) is 0.672. The molecule has 1 atom stereocenters. The summed E-state index contributed by atoms with van der Waals surface area (Å²) in [6, 6.07) is 0. The van der Waals surface area contributed by atoms with Gasteiger partial charge < -0.3 is 4.55 Å². The molecular formula is C6H14OS2. The van der Waals surface area contributed by atoms with Gasteiger partial charge in [0.1, 0.15) is 5.25 Å². The SMILES string of the molecule is CC(C)S[S+]([O-])C(C)C. The van der Waals surface area contributed by atoms with Crippen molar-refractivity contribution in [1.82, 2.24) is 0 Å². The highest BCUT2D eigenvalue weighted by molar-refractivity contribution is 8.72. The smallest absolute Gasteiger partial charge is 0.122 e. The average molecular weight is 166 g/mol. The molecule has 0 amide bonds. The Hall–Kier alpha value is 0.660. The van der Waals surface area contributed by atoms with Crippen LogP contribution in [0.1, 0.15) is 27.7 Å². The molecule has 0 saturated heterocycles. The fourth-order valence-electron chi connectivity index (χ4n) is 0.301. The van der Waals surface area contributed by atoms with Crippen molar-refractivity contribution in [3.05, 3.63) is 0 Å². The lowest BCUT2D eigenvalue weighted by molar-refractivity contribution is 0.601. The lowest BCUT2D eigenvalue weighted by atomic mass is 10.6. The molecular weight excluding hydrogens is 152 g/mol. The highest BCUT2D eigenvalue weighted by Gasteiger charge is 2.14.